The number of ketones is 1. The van der Waals surface area contributed by atoms with Gasteiger partial charge in [0.1, 0.15) is 5.37 Å². The van der Waals surface area contributed by atoms with Gasteiger partial charge in [0, 0.05) is 29.9 Å². The lowest BCUT2D eigenvalue weighted by Gasteiger charge is -2.33. The van der Waals surface area contributed by atoms with Gasteiger partial charge < -0.3 is 0 Å². The third kappa shape index (κ3) is 4.36. The van der Waals surface area contributed by atoms with E-state index < -0.39 is 15.2 Å². The predicted molar refractivity (Wildman–Crippen MR) is 88.3 cm³/mol. The number of carbonyl (C=O) groups is 1. The van der Waals surface area contributed by atoms with Crippen molar-refractivity contribution in [2.45, 2.75) is 5.37 Å². The number of benzene rings is 1. The molecular formula is C13H15Cl2NO3S2. The van der Waals surface area contributed by atoms with E-state index in [0.717, 1.165) is 5.75 Å². The highest BCUT2D eigenvalue weighted by Crippen LogP contribution is 2.24. The molecule has 0 amide bonds. The van der Waals surface area contributed by atoms with Gasteiger partial charge >= 0.3 is 0 Å². The van der Waals surface area contributed by atoms with Gasteiger partial charge in [0.05, 0.1) is 16.6 Å². The fourth-order valence-corrected chi connectivity index (χ4v) is 5.38. The number of nitrogens with zero attached hydrogens (tertiary/aromatic N) is 1. The highest BCUT2D eigenvalue weighted by molar-refractivity contribution is 8.00. The molecular weight excluding hydrogens is 353 g/mol. The second-order valence-corrected chi connectivity index (χ2v) is 9.05. The first-order valence-electron chi connectivity index (χ1n) is 6.28. The van der Waals surface area contributed by atoms with E-state index in [2.05, 4.69) is 0 Å². The number of hydrogen-bond acceptors (Lipinski definition) is 5. The lowest BCUT2D eigenvalue weighted by Crippen LogP contribution is -2.48. The van der Waals surface area contributed by atoms with Crippen LogP contribution in [0.3, 0.4) is 0 Å². The molecule has 1 aromatic carbocycles. The fraction of sp³-hybridized carbons (Fsp3) is 0.462. The van der Waals surface area contributed by atoms with E-state index in [1.807, 2.05) is 0 Å². The second-order valence-electron chi connectivity index (χ2n) is 4.88. The Bertz CT molecular complexity index is 649. The van der Waals surface area contributed by atoms with Crippen molar-refractivity contribution >= 4 is 50.6 Å². The third-order valence-corrected chi connectivity index (χ3v) is 6.70. The van der Waals surface area contributed by atoms with Crippen LogP contribution in [0.4, 0.5) is 0 Å². The average molecular weight is 368 g/mol. The Kier molecular flexibility index (Phi) is 5.59. The molecule has 1 heterocycles. The molecule has 1 unspecified atom stereocenters. The minimum absolute atomic E-state index is 0.0657. The number of halogens is 2. The minimum atomic E-state index is -3.21. The van der Waals surface area contributed by atoms with E-state index in [-0.39, 0.29) is 12.3 Å². The number of Topliss-reactive ketones (excluding diaryl/α,β-unsaturated/α-hetero) is 1. The molecule has 116 valence electrons. The summed E-state index contributed by atoms with van der Waals surface area (Å²) < 4.78 is 23.6. The molecule has 1 fully saturated rings. The zero-order chi connectivity index (χ0) is 15.6. The molecule has 0 radical (unpaired) electrons. The maximum Gasteiger partial charge on any atom is 0.176 e. The number of carbonyl (C=O) groups excluding carboxylic acids is 1. The molecule has 1 saturated heterocycles. The van der Waals surface area contributed by atoms with Crippen LogP contribution in [0.5, 0.6) is 0 Å². The number of thioether (sulfide) groups is 1. The summed E-state index contributed by atoms with van der Waals surface area (Å²) in [5.74, 6) is 1.16. The Morgan fingerprint density at radius 3 is 2.71 bits per heavy atom. The van der Waals surface area contributed by atoms with Gasteiger partial charge in [-0.05, 0) is 18.2 Å². The second kappa shape index (κ2) is 6.87. The molecule has 0 N–H and O–H groups in total. The zero-order valence-corrected chi connectivity index (χ0v) is 14.5. The first-order chi connectivity index (χ1) is 9.79. The standard InChI is InChI=1S/C13H15Cl2NO3S2/c1-21(18,19)13-8-20-5-4-16(13)7-12(17)9-2-3-10(14)11(15)6-9/h2-3,6,13H,4-5,7-8H2,1H3. The van der Waals surface area contributed by atoms with Crippen molar-refractivity contribution in [3.05, 3.63) is 33.8 Å². The summed E-state index contributed by atoms with van der Waals surface area (Å²) in [6.07, 6.45) is 1.21. The predicted octanol–water partition coefficient (Wildman–Crippen LogP) is 2.60. The zero-order valence-electron chi connectivity index (χ0n) is 11.4. The molecule has 21 heavy (non-hydrogen) atoms. The van der Waals surface area contributed by atoms with Crippen molar-refractivity contribution in [3.63, 3.8) is 0 Å². The van der Waals surface area contributed by atoms with Gasteiger partial charge in [-0.3, -0.25) is 9.69 Å². The van der Waals surface area contributed by atoms with Crippen molar-refractivity contribution in [1.82, 2.24) is 4.90 Å². The summed E-state index contributed by atoms with van der Waals surface area (Å²) in [5, 5.41) is 0.0935. The molecule has 8 heteroatoms. The number of rotatable bonds is 4. The van der Waals surface area contributed by atoms with Crippen LogP contribution >= 0.6 is 35.0 Å². The largest absolute Gasteiger partial charge is 0.293 e. The van der Waals surface area contributed by atoms with Crippen molar-refractivity contribution in [1.29, 1.82) is 0 Å². The fourth-order valence-electron chi connectivity index (χ4n) is 2.14. The van der Waals surface area contributed by atoms with Crippen molar-refractivity contribution < 1.29 is 13.2 Å². The normalized spacial score (nSPS) is 20.4. The van der Waals surface area contributed by atoms with E-state index in [4.69, 9.17) is 23.2 Å². The lowest BCUT2D eigenvalue weighted by molar-refractivity contribution is 0.0928. The molecule has 0 saturated carbocycles. The van der Waals surface area contributed by atoms with Crippen LogP contribution < -0.4 is 0 Å². The van der Waals surface area contributed by atoms with Gasteiger partial charge in [0.15, 0.2) is 15.6 Å². The number of hydrogen-bond donors (Lipinski definition) is 0. The van der Waals surface area contributed by atoms with Crippen LogP contribution in [0.1, 0.15) is 10.4 Å². The SMILES string of the molecule is CS(=O)(=O)C1CSCCN1CC(=O)c1ccc(Cl)c(Cl)c1. The van der Waals surface area contributed by atoms with Crippen LogP contribution in [-0.4, -0.2) is 55.3 Å². The third-order valence-electron chi connectivity index (χ3n) is 3.27. The summed E-state index contributed by atoms with van der Waals surface area (Å²) in [4.78, 5) is 14.0. The first-order valence-corrected chi connectivity index (χ1v) is 10.1. The summed E-state index contributed by atoms with van der Waals surface area (Å²) in [6, 6.07) is 4.68. The van der Waals surface area contributed by atoms with Gasteiger partial charge in [-0.25, -0.2) is 8.42 Å². The molecule has 1 aliphatic heterocycles. The molecule has 0 aliphatic carbocycles. The topological polar surface area (TPSA) is 54.5 Å². The molecule has 0 aromatic heterocycles. The smallest absolute Gasteiger partial charge is 0.176 e. The van der Waals surface area contributed by atoms with Gasteiger partial charge in [0.25, 0.3) is 0 Å². The van der Waals surface area contributed by atoms with Crippen molar-refractivity contribution in [2.75, 3.05) is 30.9 Å². The highest BCUT2D eigenvalue weighted by atomic mass is 35.5. The van der Waals surface area contributed by atoms with E-state index in [0.29, 0.717) is 27.9 Å². The Hall–Kier alpha value is -0.270. The van der Waals surface area contributed by atoms with Crippen LogP contribution in [0.25, 0.3) is 0 Å². The van der Waals surface area contributed by atoms with Gasteiger partial charge in [-0.1, -0.05) is 23.2 Å². The van der Waals surface area contributed by atoms with Crippen LogP contribution in [0.2, 0.25) is 10.0 Å². The summed E-state index contributed by atoms with van der Waals surface area (Å²) in [5.41, 5.74) is 0.440. The van der Waals surface area contributed by atoms with Crippen LogP contribution in [-0.2, 0) is 9.84 Å². The average Bonchev–Trinajstić information content (AvgIpc) is 2.41. The molecule has 2 rings (SSSR count). The Morgan fingerprint density at radius 1 is 1.38 bits per heavy atom. The minimum Gasteiger partial charge on any atom is -0.293 e. The van der Waals surface area contributed by atoms with E-state index in [1.165, 1.54) is 12.3 Å². The Morgan fingerprint density at radius 2 is 2.10 bits per heavy atom. The van der Waals surface area contributed by atoms with Crippen LogP contribution in [0.15, 0.2) is 18.2 Å². The maximum atomic E-state index is 12.3. The van der Waals surface area contributed by atoms with E-state index >= 15 is 0 Å². The summed E-state index contributed by atoms with van der Waals surface area (Å²) >= 11 is 13.3. The van der Waals surface area contributed by atoms with Gasteiger partial charge in [0.2, 0.25) is 0 Å². The summed E-state index contributed by atoms with van der Waals surface area (Å²) in [7, 11) is -3.21. The van der Waals surface area contributed by atoms with Crippen molar-refractivity contribution in [2.24, 2.45) is 0 Å². The van der Waals surface area contributed by atoms with E-state index in [9.17, 15) is 13.2 Å². The first kappa shape index (κ1) is 17.1. The molecule has 4 nitrogen and oxygen atoms in total. The quantitative estimate of drug-likeness (QED) is 0.765. The molecule has 1 aromatic rings. The number of sulfone groups is 1. The summed E-state index contributed by atoms with van der Waals surface area (Å²) in [6.45, 7) is 0.645. The monoisotopic (exact) mass is 367 g/mol. The van der Waals surface area contributed by atoms with Crippen molar-refractivity contribution in [3.8, 4) is 0 Å². The Balaban J connectivity index is 2.15. The molecule has 1 atom stereocenters. The molecule has 0 spiro atoms. The Labute approximate surface area is 138 Å². The lowest BCUT2D eigenvalue weighted by atomic mass is 10.1. The van der Waals surface area contributed by atoms with E-state index in [1.54, 1.807) is 28.8 Å². The highest BCUT2D eigenvalue weighted by Gasteiger charge is 2.32. The molecule has 0 bridgehead atoms. The maximum absolute atomic E-state index is 12.3. The van der Waals surface area contributed by atoms with Gasteiger partial charge in [-0.2, -0.15) is 11.8 Å². The molecule has 1 aliphatic rings. The van der Waals surface area contributed by atoms with Gasteiger partial charge in [-0.15, -0.1) is 0 Å². The van der Waals surface area contributed by atoms with Crippen LogP contribution in [0, 0.1) is 0 Å².